The second kappa shape index (κ2) is 7.27. The number of benzene rings is 1. The van der Waals surface area contributed by atoms with Gasteiger partial charge in [0.15, 0.2) is 11.8 Å². The van der Waals surface area contributed by atoms with Gasteiger partial charge in [0.05, 0.1) is 7.11 Å². The highest BCUT2D eigenvalue weighted by atomic mass is 79.9. The Morgan fingerprint density at radius 2 is 2.28 bits per heavy atom. The van der Waals surface area contributed by atoms with E-state index >= 15 is 0 Å². The number of nitrogens with one attached hydrogen (secondary N) is 1. The van der Waals surface area contributed by atoms with Crippen molar-refractivity contribution in [3.05, 3.63) is 28.2 Å². The van der Waals surface area contributed by atoms with Crippen LogP contribution in [-0.2, 0) is 15.3 Å². The second-order valence-electron chi connectivity index (χ2n) is 3.27. The zero-order chi connectivity index (χ0) is 13.5. The topological polar surface area (TPSA) is 85.4 Å². The van der Waals surface area contributed by atoms with E-state index in [1.165, 1.54) is 18.9 Å². The molecular formula is C11H13BrN2O3S. The fraction of sp³-hybridized carbons (Fsp3) is 0.273. The van der Waals surface area contributed by atoms with Gasteiger partial charge in [0.1, 0.15) is 5.75 Å². The highest BCUT2D eigenvalue weighted by Gasteiger charge is 2.08. The Bertz CT molecular complexity index is 454. The van der Waals surface area contributed by atoms with Crippen molar-refractivity contribution >= 4 is 38.8 Å². The van der Waals surface area contributed by atoms with Crippen LogP contribution in [0.3, 0.4) is 0 Å². The van der Waals surface area contributed by atoms with Crippen LogP contribution in [0.1, 0.15) is 5.56 Å². The third kappa shape index (κ3) is 4.97. The zero-order valence-electron chi connectivity index (χ0n) is 9.73. The number of hydrogen-bond acceptors (Lipinski definition) is 5. The molecule has 0 aliphatic heterocycles. The molecule has 0 saturated carbocycles. The maximum atomic E-state index is 11.0. The van der Waals surface area contributed by atoms with Crippen LogP contribution >= 0.6 is 27.7 Å². The fourth-order valence-corrected chi connectivity index (χ4v) is 2.10. The summed E-state index contributed by atoms with van der Waals surface area (Å²) in [7, 11) is 1.31. The molecule has 18 heavy (non-hydrogen) atoms. The number of nitrogens with two attached hydrogens (primary N) is 1. The maximum absolute atomic E-state index is 11.0. The van der Waals surface area contributed by atoms with Crippen LogP contribution in [-0.4, -0.2) is 24.9 Å². The van der Waals surface area contributed by atoms with Crippen LogP contribution in [0, 0.1) is 5.41 Å². The molecule has 98 valence electrons. The van der Waals surface area contributed by atoms with Gasteiger partial charge in [-0.05, 0) is 18.2 Å². The SMILES string of the molecule is COC(=O)COc1ccc(Br)cc1CSC(=N)N. The van der Waals surface area contributed by atoms with Crippen molar-refractivity contribution in [3.8, 4) is 5.75 Å². The van der Waals surface area contributed by atoms with Crippen molar-refractivity contribution in [2.45, 2.75) is 5.75 Å². The quantitative estimate of drug-likeness (QED) is 0.490. The van der Waals surface area contributed by atoms with Gasteiger partial charge in [0.2, 0.25) is 0 Å². The molecule has 0 bridgehead atoms. The average Bonchev–Trinajstić information content (AvgIpc) is 2.34. The van der Waals surface area contributed by atoms with Crippen LogP contribution in [0.4, 0.5) is 0 Å². The average molecular weight is 333 g/mol. The lowest BCUT2D eigenvalue weighted by molar-refractivity contribution is -0.142. The van der Waals surface area contributed by atoms with Crippen molar-refractivity contribution in [1.29, 1.82) is 5.41 Å². The number of rotatable bonds is 5. The molecule has 0 fully saturated rings. The minimum absolute atomic E-state index is 0.0360. The van der Waals surface area contributed by atoms with Gasteiger partial charge in [-0.1, -0.05) is 27.7 Å². The third-order valence-electron chi connectivity index (χ3n) is 1.98. The van der Waals surface area contributed by atoms with E-state index in [4.69, 9.17) is 15.9 Å². The summed E-state index contributed by atoms with van der Waals surface area (Å²) in [6.45, 7) is -0.143. The van der Waals surface area contributed by atoms with E-state index in [-0.39, 0.29) is 11.8 Å². The first-order chi connectivity index (χ1) is 8.52. The van der Waals surface area contributed by atoms with Crippen molar-refractivity contribution in [2.75, 3.05) is 13.7 Å². The van der Waals surface area contributed by atoms with Crippen LogP contribution in [0.5, 0.6) is 5.75 Å². The number of amidine groups is 1. The van der Waals surface area contributed by atoms with E-state index < -0.39 is 5.97 Å². The van der Waals surface area contributed by atoms with Gasteiger partial charge in [-0.3, -0.25) is 5.41 Å². The predicted octanol–water partition coefficient (Wildman–Crippen LogP) is 2.13. The molecule has 0 heterocycles. The summed E-state index contributed by atoms with van der Waals surface area (Å²) >= 11 is 4.55. The van der Waals surface area contributed by atoms with Crippen LogP contribution in [0.25, 0.3) is 0 Å². The molecule has 0 atom stereocenters. The minimum Gasteiger partial charge on any atom is -0.482 e. The molecule has 0 aliphatic carbocycles. The Balaban J connectivity index is 2.75. The number of hydrogen-bond donors (Lipinski definition) is 2. The predicted molar refractivity (Wildman–Crippen MR) is 74.9 cm³/mol. The minimum atomic E-state index is -0.442. The smallest absolute Gasteiger partial charge is 0.343 e. The van der Waals surface area contributed by atoms with Crippen molar-refractivity contribution in [3.63, 3.8) is 0 Å². The van der Waals surface area contributed by atoms with Gasteiger partial charge < -0.3 is 15.2 Å². The van der Waals surface area contributed by atoms with Gasteiger partial charge in [0, 0.05) is 15.8 Å². The molecule has 1 aromatic carbocycles. The summed E-state index contributed by atoms with van der Waals surface area (Å²) < 4.78 is 10.8. The molecule has 1 aromatic rings. The summed E-state index contributed by atoms with van der Waals surface area (Å²) in [5.74, 6) is 0.645. The summed E-state index contributed by atoms with van der Waals surface area (Å²) in [6, 6.07) is 5.43. The lowest BCUT2D eigenvalue weighted by Crippen LogP contribution is -2.13. The van der Waals surface area contributed by atoms with Crippen molar-refractivity contribution in [1.82, 2.24) is 0 Å². The van der Waals surface area contributed by atoms with Crippen LogP contribution in [0.2, 0.25) is 0 Å². The standard InChI is InChI=1S/C11H13BrN2O3S/c1-16-10(15)5-17-9-3-2-8(12)4-7(9)6-18-11(13)14/h2-4H,5-6H2,1H3,(H3,13,14). The lowest BCUT2D eigenvalue weighted by atomic mass is 10.2. The van der Waals surface area contributed by atoms with Crippen LogP contribution in [0.15, 0.2) is 22.7 Å². The molecule has 0 unspecified atom stereocenters. The van der Waals surface area contributed by atoms with E-state index in [1.54, 1.807) is 6.07 Å². The number of thioether (sulfide) groups is 1. The molecule has 0 radical (unpaired) electrons. The Labute approximate surface area is 118 Å². The van der Waals surface area contributed by atoms with E-state index in [2.05, 4.69) is 20.7 Å². The van der Waals surface area contributed by atoms with Crippen molar-refractivity contribution in [2.24, 2.45) is 5.73 Å². The normalized spacial score (nSPS) is 9.89. The van der Waals surface area contributed by atoms with E-state index in [1.807, 2.05) is 12.1 Å². The molecule has 0 aromatic heterocycles. The number of carbonyl (C=O) groups is 1. The first-order valence-electron chi connectivity index (χ1n) is 4.97. The maximum Gasteiger partial charge on any atom is 0.343 e. The Kier molecular flexibility index (Phi) is 6.00. The number of carbonyl (C=O) groups excluding carboxylic acids is 1. The van der Waals surface area contributed by atoms with Gasteiger partial charge in [-0.15, -0.1) is 0 Å². The molecule has 5 nitrogen and oxygen atoms in total. The molecule has 0 spiro atoms. The van der Waals surface area contributed by atoms with Gasteiger partial charge in [0.25, 0.3) is 0 Å². The highest BCUT2D eigenvalue weighted by molar-refractivity contribution is 9.10. The molecular weight excluding hydrogens is 320 g/mol. The Morgan fingerprint density at radius 3 is 2.89 bits per heavy atom. The number of methoxy groups -OCH3 is 1. The van der Waals surface area contributed by atoms with Crippen LogP contribution < -0.4 is 10.5 Å². The summed E-state index contributed by atoms with van der Waals surface area (Å²) in [5, 5.41) is 7.22. The first-order valence-corrected chi connectivity index (χ1v) is 6.75. The molecule has 0 saturated heterocycles. The largest absolute Gasteiger partial charge is 0.482 e. The monoisotopic (exact) mass is 332 g/mol. The third-order valence-corrected chi connectivity index (χ3v) is 3.24. The molecule has 0 amide bonds. The summed E-state index contributed by atoms with van der Waals surface area (Å²) in [5.41, 5.74) is 6.15. The van der Waals surface area contributed by atoms with E-state index in [9.17, 15) is 4.79 Å². The number of halogens is 1. The molecule has 0 aliphatic rings. The van der Waals surface area contributed by atoms with E-state index in [0.29, 0.717) is 11.5 Å². The van der Waals surface area contributed by atoms with Gasteiger partial charge in [-0.2, -0.15) is 0 Å². The zero-order valence-corrected chi connectivity index (χ0v) is 12.1. The first kappa shape index (κ1) is 14.8. The van der Waals surface area contributed by atoms with Gasteiger partial charge >= 0.3 is 5.97 Å². The Morgan fingerprint density at radius 1 is 1.56 bits per heavy atom. The van der Waals surface area contributed by atoms with Gasteiger partial charge in [-0.25, -0.2) is 4.79 Å². The highest BCUT2D eigenvalue weighted by Crippen LogP contribution is 2.26. The van der Waals surface area contributed by atoms with Crippen molar-refractivity contribution < 1.29 is 14.3 Å². The molecule has 3 N–H and O–H groups in total. The summed E-state index contributed by atoms with van der Waals surface area (Å²) in [6.07, 6.45) is 0. The summed E-state index contributed by atoms with van der Waals surface area (Å²) in [4.78, 5) is 11.0. The lowest BCUT2D eigenvalue weighted by Gasteiger charge is -2.10. The fourth-order valence-electron chi connectivity index (χ4n) is 1.15. The molecule has 7 heteroatoms. The number of esters is 1. The Hall–Kier alpha value is -1.21. The molecule has 1 rings (SSSR count). The van der Waals surface area contributed by atoms with E-state index in [0.717, 1.165) is 10.0 Å². The second-order valence-corrected chi connectivity index (χ2v) is 5.20. The number of ether oxygens (including phenoxy) is 2.